The van der Waals surface area contributed by atoms with E-state index < -0.39 is 0 Å². The maximum Gasteiger partial charge on any atom is 0.180 e. The summed E-state index contributed by atoms with van der Waals surface area (Å²) in [5.74, 6) is 0.840. The third kappa shape index (κ3) is 1.86. The van der Waals surface area contributed by atoms with Crippen LogP contribution in [0.25, 0.3) is 10.4 Å². The van der Waals surface area contributed by atoms with Crippen LogP contribution in [0.1, 0.15) is 24.5 Å². The SMILES string of the molecule is CC1=N[C@]2(CCc3c(cccc3-c3cncs3)C2)CO1. The van der Waals surface area contributed by atoms with Crippen molar-refractivity contribution in [3.63, 3.8) is 0 Å². The van der Waals surface area contributed by atoms with Gasteiger partial charge in [-0.15, -0.1) is 11.3 Å². The number of benzene rings is 1. The normalized spacial score (nSPS) is 24.4. The Kier molecular flexibility index (Phi) is 2.67. The standard InChI is InChI=1S/C16H16N2OS/c1-11-18-16(9-19-11)6-5-13-12(7-16)3-2-4-14(13)15-8-17-10-20-15/h2-4,8,10H,5-7,9H2,1H3/t16-/m0/s1. The molecule has 4 heteroatoms. The van der Waals surface area contributed by atoms with Crippen molar-refractivity contribution in [2.24, 2.45) is 4.99 Å². The molecule has 0 radical (unpaired) electrons. The second-order valence-electron chi connectivity index (χ2n) is 5.63. The quantitative estimate of drug-likeness (QED) is 0.803. The first-order valence-electron chi connectivity index (χ1n) is 6.95. The van der Waals surface area contributed by atoms with Gasteiger partial charge in [0.05, 0.1) is 10.4 Å². The van der Waals surface area contributed by atoms with Crippen LogP contribution in [0.5, 0.6) is 0 Å². The lowest BCUT2D eigenvalue weighted by molar-refractivity contribution is 0.236. The van der Waals surface area contributed by atoms with Crippen LogP contribution in [0.15, 0.2) is 34.9 Å². The molecule has 0 fully saturated rings. The van der Waals surface area contributed by atoms with Crippen LogP contribution in [-0.2, 0) is 17.6 Å². The highest BCUT2D eigenvalue weighted by molar-refractivity contribution is 7.13. The fourth-order valence-corrected chi connectivity index (χ4v) is 4.01. The topological polar surface area (TPSA) is 34.5 Å². The van der Waals surface area contributed by atoms with E-state index in [1.165, 1.54) is 21.6 Å². The number of ether oxygens (including phenoxy) is 1. The molecular weight excluding hydrogens is 268 g/mol. The predicted molar refractivity (Wildman–Crippen MR) is 81.4 cm³/mol. The maximum absolute atomic E-state index is 5.61. The van der Waals surface area contributed by atoms with Crippen molar-refractivity contribution < 1.29 is 4.74 Å². The molecule has 102 valence electrons. The molecule has 0 bridgehead atoms. The Morgan fingerprint density at radius 1 is 1.35 bits per heavy atom. The predicted octanol–water partition coefficient (Wildman–Crippen LogP) is 3.49. The number of thiazole rings is 1. The van der Waals surface area contributed by atoms with E-state index in [-0.39, 0.29) is 5.54 Å². The lowest BCUT2D eigenvalue weighted by Gasteiger charge is -2.31. The Balaban J connectivity index is 1.76. The van der Waals surface area contributed by atoms with Gasteiger partial charge in [-0.1, -0.05) is 18.2 Å². The first-order chi connectivity index (χ1) is 9.76. The van der Waals surface area contributed by atoms with Gasteiger partial charge in [0.2, 0.25) is 0 Å². The van der Waals surface area contributed by atoms with E-state index in [1.807, 2.05) is 18.6 Å². The second-order valence-corrected chi connectivity index (χ2v) is 6.52. The Labute approximate surface area is 122 Å². The Morgan fingerprint density at radius 3 is 3.05 bits per heavy atom. The molecule has 20 heavy (non-hydrogen) atoms. The van der Waals surface area contributed by atoms with Gasteiger partial charge in [-0.2, -0.15) is 0 Å². The molecule has 1 atom stereocenters. The molecule has 4 rings (SSSR count). The van der Waals surface area contributed by atoms with Gasteiger partial charge in [-0.05, 0) is 29.5 Å². The highest BCUT2D eigenvalue weighted by Crippen LogP contribution is 2.39. The molecule has 1 aromatic heterocycles. The summed E-state index contributed by atoms with van der Waals surface area (Å²) in [7, 11) is 0. The molecule has 0 saturated carbocycles. The highest BCUT2D eigenvalue weighted by atomic mass is 32.1. The first-order valence-corrected chi connectivity index (χ1v) is 7.83. The zero-order valence-electron chi connectivity index (χ0n) is 11.4. The summed E-state index contributed by atoms with van der Waals surface area (Å²) in [5.41, 5.74) is 6.13. The summed E-state index contributed by atoms with van der Waals surface area (Å²) in [6.45, 7) is 2.70. The summed E-state index contributed by atoms with van der Waals surface area (Å²) in [6.07, 6.45) is 5.11. The lowest BCUT2D eigenvalue weighted by Crippen LogP contribution is -2.35. The smallest absolute Gasteiger partial charge is 0.180 e. The van der Waals surface area contributed by atoms with E-state index in [1.54, 1.807) is 11.3 Å². The number of hydrogen-bond donors (Lipinski definition) is 0. The van der Waals surface area contributed by atoms with Crippen molar-refractivity contribution in [1.82, 2.24) is 4.98 Å². The van der Waals surface area contributed by atoms with Crippen LogP contribution in [-0.4, -0.2) is 23.0 Å². The van der Waals surface area contributed by atoms with Crippen LogP contribution >= 0.6 is 11.3 Å². The van der Waals surface area contributed by atoms with Crippen LogP contribution < -0.4 is 0 Å². The number of rotatable bonds is 1. The molecule has 2 aliphatic rings. The fraction of sp³-hybridized carbons (Fsp3) is 0.375. The van der Waals surface area contributed by atoms with Crippen LogP contribution in [0.3, 0.4) is 0 Å². The van der Waals surface area contributed by atoms with E-state index >= 15 is 0 Å². The van der Waals surface area contributed by atoms with Crippen molar-refractivity contribution in [2.75, 3.05) is 6.61 Å². The minimum Gasteiger partial charge on any atom is -0.479 e. The van der Waals surface area contributed by atoms with E-state index in [0.29, 0.717) is 0 Å². The molecule has 1 aliphatic carbocycles. The third-order valence-corrected chi connectivity index (χ3v) is 5.08. The van der Waals surface area contributed by atoms with Crippen molar-refractivity contribution in [1.29, 1.82) is 0 Å². The summed E-state index contributed by atoms with van der Waals surface area (Å²) in [5, 5.41) is 0. The molecule has 1 aromatic carbocycles. The van der Waals surface area contributed by atoms with Crippen molar-refractivity contribution in [2.45, 2.75) is 31.7 Å². The Morgan fingerprint density at radius 2 is 2.30 bits per heavy atom. The van der Waals surface area contributed by atoms with E-state index in [2.05, 4.69) is 23.2 Å². The Bertz CT molecular complexity index is 678. The van der Waals surface area contributed by atoms with Crippen LogP contribution in [0, 0.1) is 0 Å². The molecular formula is C16H16N2OS. The number of hydrogen-bond acceptors (Lipinski definition) is 4. The zero-order chi connectivity index (χ0) is 13.6. The van der Waals surface area contributed by atoms with Crippen molar-refractivity contribution in [3.8, 4) is 10.4 Å². The minimum absolute atomic E-state index is 0.0105. The zero-order valence-corrected chi connectivity index (χ0v) is 12.2. The van der Waals surface area contributed by atoms with Crippen molar-refractivity contribution in [3.05, 3.63) is 41.0 Å². The first kappa shape index (κ1) is 12.1. The number of fused-ring (bicyclic) bond motifs is 1. The summed E-state index contributed by atoms with van der Waals surface area (Å²) in [6, 6.07) is 6.60. The molecule has 0 amide bonds. The van der Waals surface area contributed by atoms with Crippen LogP contribution in [0.2, 0.25) is 0 Å². The average molecular weight is 284 g/mol. The monoisotopic (exact) mass is 284 g/mol. The number of nitrogens with zero attached hydrogens (tertiary/aromatic N) is 2. The molecule has 2 aromatic rings. The summed E-state index contributed by atoms with van der Waals surface area (Å²) in [4.78, 5) is 10.2. The third-order valence-electron chi connectivity index (χ3n) is 4.28. The van der Waals surface area contributed by atoms with Gasteiger partial charge in [0, 0.05) is 19.5 Å². The minimum atomic E-state index is -0.0105. The molecule has 1 spiro atoms. The van der Waals surface area contributed by atoms with Gasteiger partial charge in [0.25, 0.3) is 0 Å². The maximum atomic E-state index is 5.61. The van der Waals surface area contributed by atoms with Crippen LogP contribution in [0.4, 0.5) is 0 Å². The molecule has 0 N–H and O–H groups in total. The molecule has 3 nitrogen and oxygen atoms in total. The van der Waals surface area contributed by atoms with E-state index in [0.717, 1.165) is 31.8 Å². The molecule has 2 heterocycles. The molecule has 1 aliphatic heterocycles. The summed E-state index contributed by atoms with van der Waals surface area (Å²) >= 11 is 1.71. The van der Waals surface area contributed by atoms with Crippen molar-refractivity contribution >= 4 is 17.2 Å². The fourth-order valence-electron chi connectivity index (χ4n) is 3.33. The van der Waals surface area contributed by atoms with E-state index in [4.69, 9.17) is 9.73 Å². The largest absolute Gasteiger partial charge is 0.479 e. The Hall–Kier alpha value is -1.68. The van der Waals surface area contributed by atoms with Gasteiger partial charge in [-0.3, -0.25) is 4.98 Å². The lowest BCUT2D eigenvalue weighted by atomic mass is 9.77. The van der Waals surface area contributed by atoms with Gasteiger partial charge >= 0.3 is 0 Å². The molecule has 0 saturated heterocycles. The number of aliphatic imine (C=N–C) groups is 1. The van der Waals surface area contributed by atoms with Gasteiger partial charge in [0.15, 0.2) is 5.90 Å². The van der Waals surface area contributed by atoms with E-state index in [9.17, 15) is 0 Å². The molecule has 0 unspecified atom stereocenters. The highest BCUT2D eigenvalue weighted by Gasteiger charge is 2.39. The number of aromatic nitrogens is 1. The van der Waals surface area contributed by atoms with Gasteiger partial charge in [0.1, 0.15) is 12.1 Å². The van der Waals surface area contributed by atoms with Gasteiger partial charge < -0.3 is 4.74 Å². The second kappa shape index (κ2) is 4.42. The summed E-state index contributed by atoms with van der Waals surface area (Å²) < 4.78 is 5.61. The average Bonchev–Trinajstić information content (AvgIpc) is 3.09. The van der Waals surface area contributed by atoms with Gasteiger partial charge in [-0.25, -0.2) is 4.99 Å².